The number of aryl methyl sites for hydroxylation is 1. The number of anilines is 1. The highest BCUT2D eigenvalue weighted by atomic mass is 15.2. The van der Waals surface area contributed by atoms with Crippen molar-refractivity contribution in [2.75, 3.05) is 18.0 Å². The summed E-state index contributed by atoms with van der Waals surface area (Å²) < 4.78 is 0. The lowest BCUT2D eigenvalue weighted by atomic mass is 10.1. The summed E-state index contributed by atoms with van der Waals surface area (Å²) in [5.74, 6) is 2.03. The number of aromatic nitrogens is 1. The third kappa shape index (κ3) is 3.69. The van der Waals surface area contributed by atoms with Crippen LogP contribution >= 0.6 is 0 Å². The molecule has 0 saturated carbocycles. The van der Waals surface area contributed by atoms with Crippen molar-refractivity contribution < 1.29 is 0 Å². The Hall–Kier alpha value is -1.09. The highest BCUT2D eigenvalue weighted by Gasteiger charge is 2.23. The molecule has 2 rings (SSSR count). The fourth-order valence-corrected chi connectivity index (χ4v) is 2.73. The van der Waals surface area contributed by atoms with Crippen LogP contribution in [-0.4, -0.2) is 24.1 Å². The van der Waals surface area contributed by atoms with Crippen molar-refractivity contribution in [1.29, 1.82) is 0 Å². The Morgan fingerprint density at radius 3 is 2.84 bits per heavy atom. The molecule has 19 heavy (non-hydrogen) atoms. The van der Waals surface area contributed by atoms with E-state index in [2.05, 4.69) is 44.0 Å². The molecular weight excluding hydrogens is 234 g/mol. The van der Waals surface area contributed by atoms with Gasteiger partial charge in [-0.3, -0.25) is 0 Å². The third-order valence-electron chi connectivity index (χ3n) is 3.98. The fourth-order valence-electron chi connectivity index (χ4n) is 2.73. The maximum Gasteiger partial charge on any atom is 0.131 e. The normalized spacial score (nSPS) is 19.4. The van der Waals surface area contributed by atoms with E-state index in [4.69, 9.17) is 4.98 Å². The molecule has 0 spiro atoms. The van der Waals surface area contributed by atoms with E-state index in [0.29, 0.717) is 6.04 Å². The van der Waals surface area contributed by atoms with E-state index in [1.807, 2.05) is 6.20 Å². The molecule has 3 nitrogen and oxygen atoms in total. The van der Waals surface area contributed by atoms with E-state index in [-0.39, 0.29) is 0 Å². The van der Waals surface area contributed by atoms with Gasteiger partial charge in [0.2, 0.25) is 0 Å². The minimum Gasteiger partial charge on any atom is -0.356 e. The van der Waals surface area contributed by atoms with Crippen molar-refractivity contribution in [2.45, 2.75) is 53.1 Å². The number of nitrogens with one attached hydrogen (secondary N) is 1. The first kappa shape index (κ1) is 14.3. The van der Waals surface area contributed by atoms with Crippen LogP contribution in [-0.2, 0) is 6.54 Å². The average molecular weight is 261 g/mol. The predicted molar refractivity (Wildman–Crippen MR) is 81.6 cm³/mol. The Labute approximate surface area is 117 Å². The highest BCUT2D eigenvalue weighted by molar-refractivity contribution is 5.48. The Morgan fingerprint density at radius 1 is 1.47 bits per heavy atom. The van der Waals surface area contributed by atoms with Crippen LogP contribution in [0.5, 0.6) is 0 Å². The second kappa shape index (κ2) is 6.38. The van der Waals surface area contributed by atoms with Gasteiger partial charge < -0.3 is 10.2 Å². The molecule has 1 unspecified atom stereocenters. The molecule has 0 radical (unpaired) electrons. The van der Waals surface area contributed by atoms with E-state index >= 15 is 0 Å². The summed E-state index contributed by atoms with van der Waals surface area (Å²) in [6, 6.07) is 2.79. The molecular formula is C16H27N3. The lowest BCUT2D eigenvalue weighted by Crippen LogP contribution is -2.23. The highest BCUT2D eigenvalue weighted by Crippen LogP contribution is 2.26. The van der Waals surface area contributed by atoms with Crippen molar-refractivity contribution >= 4 is 5.82 Å². The van der Waals surface area contributed by atoms with E-state index in [1.165, 1.54) is 36.3 Å². The minimum atomic E-state index is 0.517. The monoisotopic (exact) mass is 261 g/mol. The molecule has 3 heteroatoms. The molecule has 0 aliphatic carbocycles. The number of nitrogens with zero attached hydrogens (tertiary/aromatic N) is 2. The summed E-state index contributed by atoms with van der Waals surface area (Å²) in [5, 5.41) is 3.44. The number of hydrogen-bond donors (Lipinski definition) is 1. The molecule has 1 aliphatic heterocycles. The average Bonchev–Trinajstić information content (AvgIpc) is 2.85. The fraction of sp³-hybridized carbons (Fsp3) is 0.688. The molecule has 1 saturated heterocycles. The van der Waals surface area contributed by atoms with E-state index in [9.17, 15) is 0 Å². The van der Waals surface area contributed by atoms with Gasteiger partial charge in [0.05, 0.1) is 0 Å². The summed E-state index contributed by atoms with van der Waals surface area (Å²) in [6.45, 7) is 12.1. The summed E-state index contributed by atoms with van der Waals surface area (Å²) in [5.41, 5.74) is 2.58. The van der Waals surface area contributed by atoms with Gasteiger partial charge in [0, 0.05) is 31.9 Å². The van der Waals surface area contributed by atoms with Gasteiger partial charge in [-0.15, -0.1) is 0 Å². The molecule has 1 N–H and O–H groups in total. The first-order valence-electron chi connectivity index (χ1n) is 7.54. The Morgan fingerprint density at radius 2 is 2.26 bits per heavy atom. The standard InChI is InChI=1S/C16H27N3/c1-5-14-6-7-19(11-14)16-13(4)8-15(10-18-16)9-17-12(2)3/h8,10,12,14,17H,5-7,9,11H2,1-4H3. The van der Waals surface area contributed by atoms with E-state index in [1.54, 1.807) is 0 Å². The number of rotatable bonds is 5. The lowest BCUT2D eigenvalue weighted by molar-refractivity contribution is 0.568. The number of hydrogen-bond acceptors (Lipinski definition) is 3. The summed E-state index contributed by atoms with van der Waals surface area (Å²) >= 11 is 0. The van der Waals surface area contributed by atoms with Gasteiger partial charge >= 0.3 is 0 Å². The Bertz CT molecular complexity index is 414. The van der Waals surface area contributed by atoms with Gasteiger partial charge in [0.15, 0.2) is 0 Å². The Balaban J connectivity index is 2.03. The zero-order chi connectivity index (χ0) is 13.8. The zero-order valence-electron chi connectivity index (χ0n) is 12.7. The molecule has 0 amide bonds. The molecule has 1 fully saturated rings. The van der Waals surface area contributed by atoms with Gasteiger partial charge in [-0.1, -0.05) is 27.2 Å². The maximum atomic E-state index is 4.69. The van der Waals surface area contributed by atoms with Crippen molar-refractivity contribution in [2.24, 2.45) is 5.92 Å². The molecule has 2 heterocycles. The second-order valence-electron chi connectivity index (χ2n) is 6.03. The molecule has 0 bridgehead atoms. The minimum absolute atomic E-state index is 0.517. The molecule has 0 aromatic carbocycles. The Kier molecular flexibility index (Phi) is 4.81. The van der Waals surface area contributed by atoms with Crippen molar-refractivity contribution in [3.8, 4) is 0 Å². The van der Waals surface area contributed by atoms with Crippen molar-refractivity contribution in [1.82, 2.24) is 10.3 Å². The van der Waals surface area contributed by atoms with Crippen LogP contribution in [0.15, 0.2) is 12.3 Å². The summed E-state index contributed by atoms with van der Waals surface area (Å²) in [4.78, 5) is 7.14. The maximum absolute atomic E-state index is 4.69. The molecule has 1 atom stereocenters. The van der Waals surface area contributed by atoms with Gasteiger partial charge in [-0.05, 0) is 36.5 Å². The lowest BCUT2D eigenvalue weighted by Gasteiger charge is -2.20. The summed E-state index contributed by atoms with van der Waals surface area (Å²) in [7, 11) is 0. The SMILES string of the molecule is CCC1CCN(c2ncc(CNC(C)C)cc2C)C1. The zero-order valence-corrected chi connectivity index (χ0v) is 12.7. The molecule has 106 valence electrons. The van der Waals surface area contributed by atoms with Crippen molar-refractivity contribution in [3.63, 3.8) is 0 Å². The van der Waals surface area contributed by atoms with Crippen LogP contribution < -0.4 is 10.2 Å². The van der Waals surface area contributed by atoms with E-state index < -0.39 is 0 Å². The van der Waals surface area contributed by atoms with Gasteiger partial charge in [0.25, 0.3) is 0 Å². The van der Waals surface area contributed by atoms with Gasteiger partial charge in [0.1, 0.15) is 5.82 Å². The topological polar surface area (TPSA) is 28.2 Å². The van der Waals surface area contributed by atoms with Gasteiger partial charge in [-0.2, -0.15) is 0 Å². The van der Waals surface area contributed by atoms with Crippen LogP contribution in [0.3, 0.4) is 0 Å². The third-order valence-corrected chi connectivity index (χ3v) is 3.98. The van der Waals surface area contributed by atoms with E-state index in [0.717, 1.165) is 19.0 Å². The van der Waals surface area contributed by atoms with Crippen LogP contribution in [0.2, 0.25) is 0 Å². The van der Waals surface area contributed by atoms with Gasteiger partial charge in [-0.25, -0.2) is 4.98 Å². The largest absolute Gasteiger partial charge is 0.356 e. The molecule has 1 aromatic rings. The van der Waals surface area contributed by atoms with Crippen LogP contribution in [0.25, 0.3) is 0 Å². The molecule has 1 aliphatic rings. The quantitative estimate of drug-likeness (QED) is 0.882. The van der Waals surface area contributed by atoms with Crippen LogP contribution in [0.4, 0.5) is 5.82 Å². The second-order valence-corrected chi connectivity index (χ2v) is 6.03. The summed E-state index contributed by atoms with van der Waals surface area (Å²) in [6.07, 6.45) is 4.62. The molecule has 1 aromatic heterocycles. The smallest absolute Gasteiger partial charge is 0.131 e. The first-order valence-corrected chi connectivity index (χ1v) is 7.54. The van der Waals surface area contributed by atoms with Crippen molar-refractivity contribution in [3.05, 3.63) is 23.4 Å². The first-order chi connectivity index (χ1) is 9.10. The predicted octanol–water partition coefficient (Wildman–Crippen LogP) is 3.12. The number of pyridine rings is 1. The van der Waals surface area contributed by atoms with Crippen LogP contribution in [0.1, 0.15) is 44.7 Å². The van der Waals surface area contributed by atoms with Crippen LogP contribution in [0, 0.1) is 12.8 Å².